The SMILES string of the molecule is CC1CCN(C[C@@H]2OC[C@H](NS(C)(=O)=O)[C@H]2O)CC1. The molecule has 0 saturated carbocycles. The summed E-state index contributed by atoms with van der Waals surface area (Å²) in [6.45, 7) is 5.22. The Hall–Kier alpha value is -0.210. The van der Waals surface area contributed by atoms with Crippen molar-refractivity contribution in [2.45, 2.75) is 38.0 Å². The summed E-state index contributed by atoms with van der Waals surface area (Å²) in [5.41, 5.74) is 0. The van der Waals surface area contributed by atoms with Crippen molar-refractivity contribution in [1.29, 1.82) is 0 Å². The summed E-state index contributed by atoms with van der Waals surface area (Å²) in [6.07, 6.45) is 2.38. The zero-order valence-corrected chi connectivity index (χ0v) is 12.4. The minimum absolute atomic E-state index is 0.239. The average molecular weight is 292 g/mol. The van der Waals surface area contributed by atoms with Gasteiger partial charge in [-0.1, -0.05) is 6.92 Å². The van der Waals surface area contributed by atoms with E-state index in [-0.39, 0.29) is 12.7 Å². The molecule has 112 valence electrons. The number of hydrogen-bond acceptors (Lipinski definition) is 5. The highest BCUT2D eigenvalue weighted by Crippen LogP contribution is 2.20. The van der Waals surface area contributed by atoms with Crippen LogP contribution < -0.4 is 4.72 Å². The first kappa shape index (κ1) is 15.2. The van der Waals surface area contributed by atoms with Crippen molar-refractivity contribution in [2.75, 3.05) is 32.5 Å². The molecule has 2 aliphatic heterocycles. The molecule has 2 heterocycles. The number of nitrogens with zero attached hydrogens (tertiary/aromatic N) is 1. The van der Waals surface area contributed by atoms with Gasteiger partial charge >= 0.3 is 0 Å². The molecule has 0 aromatic carbocycles. The highest BCUT2D eigenvalue weighted by molar-refractivity contribution is 7.88. The highest BCUT2D eigenvalue weighted by atomic mass is 32.2. The third-order valence-electron chi connectivity index (χ3n) is 3.96. The van der Waals surface area contributed by atoms with Crippen molar-refractivity contribution in [3.8, 4) is 0 Å². The van der Waals surface area contributed by atoms with Gasteiger partial charge in [-0.05, 0) is 31.8 Å². The summed E-state index contributed by atoms with van der Waals surface area (Å²) in [5, 5.41) is 10.1. The number of likely N-dealkylation sites (tertiary alicyclic amines) is 1. The second kappa shape index (κ2) is 6.05. The number of aliphatic hydroxyl groups is 1. The van der Waals surface area contributed by atoms with Crippen LogP contribution in [0.25, 0.3) is 0 Å². The zero-order valence-electron chi connectivity index (χ0n) is 11.6. The van der Waals surface area contributed by atoms with Gasteiger partial charge in [0.2, 0.25) is 10.0 Å². The highest BCUT2D eigenvalue weighted by Gasteiger charge is 2.38. The normalized spacial score (nSPS) is 34.8. The third-order valence-corrected chi connectivity index (χ3v) is 4.69. The van der Waals surface area contributed by atoms with Crippen LogP contribution in [0.5, 0.6) is 0 Å². The van der Waals surface area contributed by atoms with Crippen molar-refractivity contribution < 1.29 is 18.3 Å². The molecule has 0 spiro atoms. The molecule has 0 aromatic rings. The number of nitrogens with one attached hydrogen (secondary N) is 1. The number of ether oxygens (including phenoxy) is 1. The fourth-order valence-electron chi connectivity index (χ4n) is 2.72. The first-order valence-electron chi connectivity index (χ1n) is 6.84. The number of aliphatic hydroxyl groups excluding tert-OH is 1. The van der Waals surface area contributed by atoms with E-state index in [0.29, 0.717) is 6.54 Å². The lowest BCUT2D eigenvalue weighted by atomic mass is 9.98. The molecule has 0 unspecified atom stereocenters. The second-order valence-electron chi connectivity index (χ2n) is 5.84. The second-order valence-corrected chi connectivity index (χ2v) is 7.62. The van der Waals surface area contributed by atoms with Crippen molar-refractivity contribution in [1.82, 2.24) is 9.62 Å². The van der Waals surface area contributed by atoms with Gasteiger partial charge < -0.3 is 14.7 Å². The van der Waals surface area contributed by atoms with Crippen LogP contribution in [0.1, 0.15) is 19.8 Å². The molecule has 2 N–H and O–H groups in total. The smallest absolute Gasteiger partial charge is 0.209 e. The lowest BCUT2D eigenvalue weighted by Gasteiger charge is -2.32. The van der Waals surface area contributed by atoms with E-state index in [1.165, 1.54) is 12.8 Å². The predicted octanol–water partition coefficient (Wildman–Crippen LogP) is -0.604. The van der Waals surface area contributed by atoms with Gasteiger partial charge in [0.15, 0.2) is 0 Å². The van der Waals surface area contributed by atoms with E-state index in [1.807, 2.05) is 0 Å². The Morgan fingerprint density at radius 3 is 2.58 bits per heavy atom. The van der Waals surface area contributed by atoms with Gasteiger partial charge in [-0.2, -0.15) is 0 Å². The predicted molar refractivity (Wildman–Crippen MR) is 72.4 cm³/mol. The molecular weight excluding hydrogens is 268 g/mol. The number of hydrogen-bond donors (Lipinski definition) is 2. The molecule has 0 aromatic heterocycles. The Kier molecular flexibility index (Phi) is 4.84. The monoisotopic (exact) mass is 292 g/mol. The molecule has 2 aliphatic rings. The van der Waals surface area contributed by atoms with E-state index >= 15 is 0 Å². The maximum absolute atomic E-state index is 11.2. The van der Waals surface area contributed by atoms with E-state index < -0.39 is 22.2 Å². The summed E-state index contributed by atoms with van der Waals surface area (Å²) in [4.78, 5) is 2.29. The van der Waals surface area contributed by atoms with Crippen LogP contribution >= 0.6 is 0 Å². The van der Waals surface area contributed by atoms with Crippen LogP contribution in [0, 0.1) is 5.92 Å². The van der Waals surface area contributed by atoms with Gasteiger partial charge in [0.25, 0.3) is 0 Å². The van der Waals surface area contributed by atoms with E-state index in [1.54, 1.807) is 0 Å². The molecule has 6 nitrogen and oxygen atoms in total. The van der Waals surface area contributed by atoms with E-state index in [0.717, 1.165) is 25.3 Å². The largest absolute Gasteiger partial charge is 0.389 e. The molecule has 2 rings (SSSR count). The Morgan fingerprint density at radius 2 is 2.00 bits per heavy atom. The maximum atomic E-state index is 11.2. The van der Waals surface area contributed by atoms with Gasteiger partial charge in [-0.3, -0.25) is 0 Å². The van der Waals surface area contributed by atoms with Gasteiger partial charge in [0.05, 0.1) is 31.1 Å². The molecular formula is C12H24N2O4S. The lowest BCUT2D eigenvalue weighted by Crippen LogP contribution is -2.47. The average Bonchev–Trinajstić information content (AvgIpc) is 2.63. The van der Waals surface area contributed by atoms with Crippen molar-refractivity contribution >= 4 is 10.0 Å². The Bertz CT molecular complexity index is 393. The van der Waals surface area contributed by atoms with Gasteiger partial charge in [0, 0.05) is 6.54 Å². The maximum Gasteiger partial charge on any atom is 0.209 e. The topological polar surface area (TPSA) is 78.9 Å². The first-order chi connectivity index (χ1) is 8.85. The molecule has 0 aliphatic carbocycles. The molecule has 3 atom stereocenters. The Labute approximate surface area is 115 Å². The molecule has 2 saturated heterocycles. The summed E-state index contributed by atoms with van der Waals surface area (Å²) in [7, 11) is -3.31. The lowest BCUT2D eigenvalue weighted by molar-refractivity contribution is 0.00898. The molecule has 0 bridgehead atoms. The van der Waals surface area contributed by atoms with Gasteiger partial charge in [-0.15, -0.1) is 0 Å². The summed E-state index contributed by atoms with van der Waals surface area (Å²) < 4.78 is 30.3. The van der Waals surface area contributed by atoms with E-state index in [9.17, 15) is 13.5 Å². The van der Waals surface area contributed by atoms with Gasteiger partial charge in [-0.25, -0.2) is 13.1 Å². The molecule has 0 radical (unpaired) electrons. The Morgan fingerprint density at radius 1 is 1.37 bits per heavy atom. The Balaban J connectivity index is 1.83. The molecule has 7 heteroatoms. The molecule has 2 fully saturated rings. The summed E-state index contributed by atoms with van der Waals surface area (Å²) in [5.74, 6) is 0.769. The van der Waals surface area contributed by atoms with Crippen LogP contribution in [0.15, 0.2) is 0 Å². The summed E-state index contributed by atoms with van der Waals surface area (Å²) in [6, 6.07) is -0.524. The van der Waals surface area contributed by atoms with Crippen LogP contribution in [0.3, 0.4) is 0 Å². The van der Waals surface area contributed by atoms with Crippen LogP contribution in [0.4, 0.5) is 0 Å². The molecule has 0 amide bonds. The van der Waals surface area contributed by atoms with Crippen molar-refractivity contribution in [2.24, 2.45) is 5.92 Å². The minimum atomic E-state index is -3.31. The van der Waals surface area contributed by atoms with E-state index in [4.69, 9.17) is 4.74 Å². The van der Waals surface area contributed by atoms with Crippen molar-refractivity contribution in [3.63, 3.8) is 0 Å². The van der Waals surface area contributed by atoms with Crippen LogP contribution in [-0.2, 0) is 14.8 Å². The van der Waals surface area contributed by atoms with Crippen LogP contribution in [-0.4, -0.2) is 69.2 Å². The summed E-state index contributed by atoms with van der Waals surface area (Å²) >= 11 is 0. The number of sulfonamides is 1. The van der Waals surface area contributed by atoms with Crippen LogP contribution in [0.2, 0.25) is 0 Å². The standard InChI is InChI=1S/C12H24N2O4S/c1-9-3-5-14(6-4-9)7-11-12(15)10(8-18-11)13-19(2,16)17/h9-13,15H,3-8H2,1-2H3/t10-,11-,12+/m0/s1. The number of piperidine rings is 1. The van der Waals surface area contributed by atoms with Crippen molar-refractivity contribution in [3.05, 3.63) is 0 Å². The third kappa shape index (κ3) is 4.39. The quantitative estimate of drug-likeness (QED) is 0.723. The fraction of sp³-hybridized carbons (Fsp3) is 1.00. The molecule has 19 heavy (non-hydrogen) atoms. The van der Waals surface area contributed by atoms with Gasteiger partial charge in [0.1, 0.15) is 0 Å². The minimum Gasteiger partial charge on any atom is -0.389 e. The zero-order chi connectivity index (χ0) is 14.0. The fourth-order valence-corrected chi connectivity index (χ4v) is 3.48. The van der Waals surface area contributed by atoms with E-state index in [2.05, 4.69) is 16.5 Å². The first-order valence-corrected chi connectivity index (χ1v) is 8.73. The number of rotatable bonds is 4.